The van der Waals surface area contributed by atoms with Crippen LogP contribution in [-0.4, -0.2) is 0 Å². The summed E-state index contributed by atoms with van der Waals surface area (Å²) in [6, 6.07) is 1.92. The molecule has 1 heterocycles. The van der Waals surface area contributed by atoms with Gasteiger partial charge in [-0.3, -0.25) is 0 Å². The predicted molar refractivity (Wildman–Crippen MR) is 51.0 cm³/mol. The summed E-state index contributed by atoms with van der Waals surface area (Å²) in [7, 11) is 0. The number of azide groups is 1. The molecule has 0 atom stereocenters. The second-order valence-corrected chi connectivity index (χ2v) is 2.96. The molecule has 0 fully saturated rings. The van der Waals surface area contributed by atoms with E-state index in [4.69, 9.17) is 9.95 Å². The first-order valence-electron chi connectivity index (χ1n) is 4.03. The molecule has 68 valence electrons. The van der Waals surface area contributed by atoms with E-state index in [2.05, 4.69) is 23.9 Å². The van der Waals surface area contributed by atoms with Crippen LogP contribution >= 0.6 is 0 Å². The topological polar surface area (TPSA) is 61.9 Å². The number of hydrogen-bond donors (Lipinski definition) is 0. The first-order valence-corrected chi connectivity index (χ1v) is 4.03. The molecular formula is C9H11N3O. The molecule has 0 radical (unpaired) electrons. The molecule has 0 aliphatic carbocycles. The van der Waals surface area contributed by atoms with Crippen LogP contribution in [-0.2, 0) is 0 Å². The number of hydrogen-bond acceptors (Lipinski definition) is 2. The van der Waals surface area contributed by atoms with Crippen LogP contribution in [0.3, 0.4) is 0 Å². The van der Waals surface area contributed by atoms with Crippen LogP contribution in [0.1, 0.15) is 31.1 Å². The zero-order valence-corrected chi connectivity index (χ0v) is 7.64. The molecular weight excluding hydrogens is 166 g/mol. The smallest absolute Gasteiger partial charge is 0.126 e. The van der Waals surface area contributed by atoms with Gasteiger partial charge in [-0.1, -0.05) is 19.0 Å². The summed E-state index contributed by atoms with van der Waals surface area (Å²) in [5, 5.41) is 3.26. The van der Waals surface area contributed by atoms with Crippen LogP contribution in [0.4, 0.5) is 0 Å². The largest absolute Gasteiger partial charge is 0.465 e. The van der Waals surface area contributed by atoms with Crippen LogP contribution in [0.2, 0.25) is 0 Å². The predicted octanol–water partition coefficient (Wildman–Crippen LogP) is 3.68. The summed E-state index contributed by atoms with van der Waals surface area (Å²) in [5.41, 5.74) is 9.15. The molecule has 1 aromatic rings. The maximum atomic E-state index is 8.01. The molecule has 0 aliphatic heterocycles. The van der Waals surface area contributed by atoms with Gasteiger partial charge in [0.05, 0.1) is 6.26 Å². The van der Waals surface area contributed by atoms with Gasteiger partial charge in [0.15, 0.2) is 0 Å². The zero-order chi connectivity index (χ0) is 9.68. The Balaban J connectivity index is 2.74. The summed E-state index contributed by atoms with van der Waals surface area (Å²) in [6.45, 7) is 4.18. The number of nitrogens with zero attached hydrogens (tertiary/aromatic N) is 3. The molecule has 0 saturated heterocycles. The van der Waals surface area contributed by atoms with Crippen molar-refractivity contribution < 1.29 is 4.42 Å². The molecule has 0 aliphatic rings. The molecule has 13 heavy (non-hydrogen) atoms. The maximum Gasteiger partial charge on any atom is 0.126 e. The highest BCUT2D eigenvalue weighted by atomic mass is 16.3. The minimum absolute atomic E-state index is 0.449. The average molecular weight is 177 g/mol. The van der Waals surface area contributed by atoms with E-state index in [1.807, 2.05) is 6.07 Å². The molecule has 0 bridgehead atoms. The van der Waals surface area contributed by atoms with E-state index in [0.29, 0.717) is 11.7 Å². The van der Waals surface area contributed by atoms with E-state index in [1.54, 1.807) is 12.3 Å². The summed E-state index contributed by atoms with van der Waals surface area (Å²) in [4.78, 5) is 2.59. The van der Waals surface area contributed by atoms with Gasteiger partial charge >= 0.3 is 0 Å². The monoisotopic (exact) mass is 177 g/mol. The normalized spacial score (nSPS) is 10.7. The first-order chi connectivity index (χ1) is 6.24. The molecule has 1 rings (SSSR count). The fourth-order valence-corrected chi connectivity index (χ4v) is 0.895. The van der Waals surface area contributed by atoms with E-state index in [1.165, 1.54) is 6.20 Å². The molecule has 0 unspecified atom stereocenters. The molecule has 0 saturated carbocycles. The van der Waals surface area contributed by atoms with Crippen LogP contribution in [0.5, 0.6) is 0 Å². The summed E-state index contributed by atoms with van der Waals surface area (Å²) in [6.07, 6.45) is 4.70. The zero-order valence-electron chi connectivity index (χ0n) is 7.64. The molecule has 0 aromatic carbocycles. The molecule has 0 spiro atoms. The van der Waals surface area contributed by atoms with Crippen molar-refractivity contribution in [2.24, 2.45) is 5.11 Å². The van der Waals surface area contributed by atoms with Gasteiger partial charge in [-0.2, -0.15) is 0 Å². The lowest BCUT2D eigenvalue weighted by Gasteiger charge is -1.95. The van der Waals surface area contributed by atoms with Gasteiger partial charge in [-0.05, 0) is 29.2 Å². The van der Waals surface area contributed by atoms with Crippen LogP contribution in [0, 0.1) is 0 Å². The highest BCUT2D eigenvalue weighted by Crippen LogP contribution is 2.18. The minimum Gasteiger partial charge on any atom is -0.465 e. The van der Waals surface area contributed by atoms with Crippen molar-refractivity contribution in [2.75, 3.05) is 0 Å². The Kier molecular flexibility index (Phi) is 3.17. The number of rotatable bonds is 3. The molecule has 0 amide bonds. The highest BCUT2D eigenvalue weighted by Gasteiger charge is 2.01. The van der Waals surface area contributed by atoms with Gasteiger partial charge in [0.1, 0.15) is 5.76 Å². The van der Waals surface area contributed by atoms with Crippen LogP contribution in [0.25, 0.3) is 16.5 Å². The Morgan fingerprint density at radius 3 is 2.92 bits per heavy atom. The second-order valence-electron chi connectivity index (χ2n) is 2.96. The van der Waals surface area contributed by atoms with E-state index >= 15 is 0 Å². The lowest BCUT2D eigenvalue weighted by atomic mass is 10.1. The Bertz CT molecular complexity index is 345. The van der Waals surface area contributed by atoms with Gasteiger partial charge in [-0.15, -0.1) is 0 Å². The molecule has 4 heteroatoms. The fourth-order valence-electron chi connectivity index (χ4n) is 0.895. The lowest BCUT2D eigenvalue weighted by molar-refractivity contribution is 0.552. The van der Waals surface area contributed by atoms with Crippen molar-refractivity contribution in [3.8, 4) is 0 Å². The van der Waals surface area contributed by atoms with E-state index in [-0.39, 0.29) is 0 Å². The fraction of sp³-hybridized carbons (Fsp3) is 0.333. The van der Waals surface area contributed by atoms with Crippen molar-refractivity contribution in [1.82, 2.24) is 0 Å². The van der Waals surface area contributed by atoms with E-state index in [0.717, 1.165) is 5.56 Å². The van der Waals surface area contributed by atoms with Crippen LogP contribution in [0.15, 0.2) is 28.1 Å². The Hall–Kier alpha value is -1.67. The van der Waals surface area contributed by atoms with Crippen molar-refractivity contribution >= 4 is 6.08 Å². The lowest BCUT2D eigenvalue weighted by Crippen LogP contribution is -1.80. The second kappa shape index (κ2) is 4.38. The van der Waals surface area contributed by atoms with E-state index in [9.17, 15) is 0 Å². The van der Waals surface area contributed by atoms with E-state index < -0.39 is 0 Å². The molecule has 0 N–H and O–H groups in total. The van der Waals surface area contributed by atoms with Gasteiger partial charge < -0.3 is 4.42 Å². The van der Waals surface area contributed by atoms with Gasteiger partial charge in [0.2, 0.25) is 0 Å². The van der Waals surface area contributed by atoms with Gasteiger partial charge in [-0.25, -0.2) is 0 Å². The van der Waals surface area contributed by atoms with Gasteiger partial charge in [0.25, 0.3) is 0 Å². The summed E-state index contributed by atoms with van der Waals surface area (Å²) < 4.78 is 5.20. The quantitative estimate of drug-likeness (QED) is 0.394. The third-order valence-electron chi connectivity index (χ3n) is 1.66. The van der Waals surface area contributed by atoms with Crippen molar-refractivity contribution in [1.29, 1.82) is 0 Å². The van der Waals surface area contributed by atoms with Gasteiger partial charge in [0, 0.05) is 11.1 Å². The van der Waals surface area contributed by atoms with Crippen LogP contribution < -0.4 is 0 Å². The Morgan fingerprint density at radius 1 is 1.62 bits per heavy atom. The molecule has 4 nitrogen and oxygen atoms in total. The minimum atomic E-state index is 0.449. The Morgan fingerprint density at radius 2 is 2.38 bits per heavy atom. The SMILES string of the molecule is CC(C)c1coc(/C=C\N=[N+]=[N-])c1. The number of furan rings is 1. The maximum absolute atomic E-state index is 8.01. The summed E-state index contributed by atoms with van der Waals surface area (Å²) >= 11 is 0. The first kappa shape index (κ1) is 9.42. The third kappa shape index (κ3) is 2.69. The third-order valence-corrected chi connectivity index (χ3v) is 1.66. The average Bonchev–Trinajstić information content (AvgIpc) is 2.53. The Labute approximate surface area is 76.5 Å². The molecule has 1 aromatic heterocycles. The summed E-state index contributed by atoms with van der Waals surface area (Å²) in [5.74, 6) is 1.15. The highest BCUT2D eigenvalue weighted by molar-refractivity contribution is 5.43. The van der Waals surface area contributed by atoms with Crippen molar-refractivity contribution in [3.05, 3.63) is 40.3 Å². The van der Waals surface area contributed by atoms with Crippen molar-refractivity contribution in [3.63, 3.8) is 0 Å². The standard InChI is InChI=1S/C9H11N3O/c1-7(2)8-5-9(13-6-8)3-4-11-12-10/h3-7H,1-2H3/b4-3-. The van der Waals surface area contributed by atoms with Crippen molar-refractivity contribution in [2.45, 2.75) is 19.8 Å².